The van der Waals surface area contributed by atoms with Crippen LogP contribution in [0.1, 0.15) is 32.1 Å². The largest absolute Gasteiger partial charge is 0.393 e. The van der Waals surface area contributed by atoms with Gasteiger partial charge in [0, 0.05) is 11.8 Å². The monoisotopic (exact) mass is 289 g/mol. The number of rotatable bonds is 4. The third kappa shape index (κ3) is 2.32. The zero-order valence-electron chi connectivity index (χ0n) is 11.3. The molecule has 0 aliphatic heterocycles. The first-order valence-electron chi connectivity index (χ1n) is 6.54. The summed E-state index contributed by atoms with van der Waals surface area (Å²) in [6.45, 7) is 3.72. The van der Waals surface area contributed by atoms with Crippen molar-refractivity contribution in [2.45, 2.75) is 32.3 Å². The second kappa shape index (κ2) is 5.30. The van der Waals surface area contributed by atoms with E-state index in [0.717, 1.165) is 22.2 Å². The number of aromatic nitrogens is 3. The van der Waals surface area contributed by atoms with Crippen molar-refractivity contribution in [1.82, 2.24) is 15.1 Å². The Morgan fingerprint density at radius 3 is 3.05 bits per heavy atom. The molecule has 2 unspecified atom stereocenters. The van der Waals surface area contributed by atoms with Gasteiger partial charge in [0.2, 0.25) is 11.7 Å². The molecule has 0 aromatic carbocycles. The van der Waals surface area contributed by atoms with Crippen molar-refractivity contribution in [3.05, 3.63) is 29.6 Å². The molecule has 1 N–H and O–H groups in total. The van der Waals surface area contributed by atoms with Gasteiger partial charge in [0.05, 0.1) is 22.2 Å². The molecule has 5 nitrogen and oxygen atoms in total. The van der Waals surface area contributed by atoms with Crippen molar-refractivity contribution in [2.75, 3.05) is 0 Å². The minimum absolute atomic E-state index is 0.130. The van der Waals surface area contributed by atoms with Crippen LogP contribution in [0, 0.1) is 0 Å². The number of aliphatic hydroxyl groups is 1. The SMILES string of the molecule is CCC(c1nc(-c2cnc3ccsc3c2)no1)C(C)O. The lowest BCUT2D eigenvalue weighted by molar-refractivity contribution is 0.141. The average molecular weight is 289 g/mol. The van der Waals surface area contributed by atoms with Crippen LogP contribution in [-0.2, 0) is 0 Å². The summed E-state index contributed by atoms with van der Waals surface area (Å²) in [6, 6.07) is 3.98. The molecule has 3 aromatic heterocycles. The van der Waals surface area contributed by atoms with Crippen LogP contribution in [0.3, 0.4) is 0 Å². The van der Waals surface area contributed by atoms with Crippen LogP contribution in [-0.4, -0.2) is 26.3 Å². The van der Waals surface area contributed by atoms with Crippen molar-refractivity contribution >= 4 is 21.6 Å². The van der Waals surface area contributed by atoms with Crippen LogP contribution in [0.2, 0.25) is 0 Å². The van der Waals surface area contributed by atoms with Gasteiger partial charge in [0.25, 0.3) is 0 Å². The molecule has 2 atom stereocenters. The fourth-order valence-corrected chi connectivity index (χ4v) is 2.97. The van der Waals surface area contributed by atoms with Gasteiger partial charge in [-0.1, -0.05) is 12.1 Å². The molecule has 3 rings (SSSR count). The van der Waals surface area contributed by atoms with Crippen LogP contribution in [0.4, 0.5) is 0 Å². The Kier molecular flexibility index (Phi) is 3.50. The normalized spacial score (nSPS) is 14.6. The second-order valence-electron chi connectivity index (χ2n) is 4.74. The van der Waals surface area contributed by atoms with Crippen LogP contribution in [0.5, 0.6) is 0 Å². The molecule has 0 spiro atoms. The van der Waals surface area contributed by atoms with Gasteiger partial charge in [0.15, 0.2) is 0 Å². The minimum atomic E-state index is -0.508. The summed E-state index contributed by atoms with van der Waals surface area (Å²) in [7, 11) is 0. The summed E-state index contributed by atoms with van der Waals surface area (Å²) in [4.78, 5) is 8.76. The Hall–Kier alpha value is -1.79. The highest BCUT2D eigenvalue weighted by molar-refractivity contribution is 7.17. The van der Waals surface area contributed by atoms with E-state index in [9.17, 15) is 5.11 Å². The van der Waals surface area contributed by atoms with E-state index in [0.29, 0.717) is 11.7 Å². The van der Waals surface area contributed by atoms with Crippen LogP contribution in [0.25, 0.3) is 21.6 Å². The third-order valence-corrected chi connectivity index (χ3v) is 4.20. The maximum Gasteiger partial charge on any atom is 0.232 e. The summed E-state index contributed by atoms with van der Waals surface area (Å²) in [5.41, 5.74) is 1.80. The molecule has 0 saturated heterocycles. The molecular formula is C14H15N3O2S. The van der Waals surface area contributed by atoms with Gasteiger partial charge >= 0.3 is 0 Å². The molecule has 6 heteroatoms. The summed E-state index contributed by atoms with van der Waals surface area (Å²) in [5.74, 6) is 0.861. The van der Waals surface area contributed by atoms with Gasteiger partial charge in [-0.15, -0.1) is 11.3 Å². The van der Waals surface area contributed by atoms with E-state index >= 15 is 0 Å². The second-order valence-corrected chi connectivity index (χ2v) is 5.69. The van der Waals surface area contributed by atoms with E-state index in [1.807, 2.05) is 24.4 Å². The van der Waals surface area contributed by atoms with E-state index in [1.165, 1.54) is 0 Å². The predicted octanol–water partition coefficient (Wildman–Crippen LogP) is 3.22. The van der Waals surface area contributed by atoms with Crippen molar-refractivity contribution in [2.24, 2.45) is 0 Å². The number of fused-ring (bicyclic) bond motifs is 1. The van der Waals surface area contributed by atoms with Gasteiger partial charge < -0.3 is 9.63 Å². The van der Waals surface area contributed by atoms with Crippen LogP contribution < -0.4 is 0 Å². The highest BCUT2D eigenvalue weighted by atomic mass is 32.1. The first-order chi connectivity index (χ1) is 9.69. The molecule has 0 aliphatic carbocycles. The zero-order valence-corrected chi connectivity index (χ0v) is 12.1. The molecule has 3 aromatic rings. The Labute approximate surface area is 120 Å². The maximum absolute atomic E-state index is 9.72. The van der Waals surface area contributed by atoms with Crippen molar-refractivity contribution in [3.63, 3.8) is 0 Å². The number of hydrogen-bond donors (Lipinski definition) is 1. The molecule has 0 fully saturated rings. The van der Waals surface area contributed by atoms with Crippen molar-refractivity contribution in [1.29, 1.82) is 0 Å². The molecule has 0 amide bonds. The molecule has 0 saturated carbocycles. The lowest BCUT2D eigenvalue weighted by atomic mass is 10.0. The average Bonchev–Trinajstić information content (AvgIpc) is 3.06. The summed E-state index contributed by atoms with van der Waals surface area (Å²) < 4.78 is 6.38. The topological polar surface area (TPSA) is 72.0 Å². The van der Waals surface area contributed by atoms with E-state index < -0.39 is 6.10 Å². The van der Waals surface area contributed by atoms with Gasteiger partial charge in [-0.25, -0.2) is 0 Å². The van der Waals surface area contributed by atoms with E-state index in [2.05, 4.69) is 15.1 Å². The molecular weight excluding hydrogens is 274 g/mol. The number of aliphatic hydroxyl groups excluding tert-OH is 1. The Morgan fingerprint density at radius 2 is 2.30 bits per heavy atom. The van der Waals surface area contributed by atoms with E-state index in [4.69, 9.17) is 4.52 Å². The smallest absolute Gasteiger partial charge is 0.232 e. The van der Waals surface area contributed by atoms with Crippen LogP contribution >= 0.6 is 11.3 Å². The van der Waals surface area contributed by atoms with Crippen molar-refractivity contribution < 1.29 is 9.63 Å². The highest BCUT2D eigenvalue weighted by Gasteiger charge is 2.22. The van der Waals surface area contributed by atoms with Gasteiger partial charge in [0.1, 0.15) is 0 Å². The number of hydrogen-bond acceptors (Lipinski definition) is 6. The Morgan fingerprint density at radius 1 is 1.45 bits per heavy atom. The molecule has 0 aliphatic rings. The number of pyridine rings is 1. The minimum Gasteiger partial charge on any atom is -0.393 e. The molecule has 3 heterocycles. The van der Waals surface area contributed by atoms with E-state index in [1.54, 1.807) is 24.5 Å². The Bertz CT molecular complexity index is 720. The molecule has 0 radical (unpaired) electrons. The first kappa shape index (κ1) is 13.2. The van der Waals surface area contributed by atoms with Crippen LogP contribution in [0.15, 0.2) is 28.2 Å². The fraction of sp³-hybridized carbons (Fsp3) is 0.357. The lowest BCUT2D eigenvalue weighted by Gasteiger charge is -2.12. The predicted molar refractivity (Wildman–Crippen MR) is 77.6 cm³/mol. The summed E-state index contributed by atoms with van der Waals surface area (Å²) in [5, 5.41) is 15.7. The number of nitrogens with zero attached hydrogens (tertiary/aromatic N) is 3. The quantitative estimate of drug-likeness (QED) is 0.798. The van der Waals surface area contributed by atoms with Crippen molar-refractivity contribution in [3.8, 4) is 11.4 Å². The van der Waals surface area contributed by atoms with E-state index in [-0.39, 0.29) is 5.92 Å². The van der Waals surface area contributed by atoms with Gasteiger partial charge in [-0.2, -0.15) is 4.98 Å². The maximum atomic E-state index is 9.72. The highest BCUT2D eigenvalue weighted by Crippen LogP contribution is 2.27. The standard InChI is InChI=1S/C14H15N3O2S/c1-3-10(8(2)18)14-16-13(17-19-14)9-6-12-11(15-7-9)4-5-20-12/h4-8,10,18H,3H2,1-2H3. The molecule has 20 heavy (non-hydrogen) atoms. The molecule has 0 bridgehead atoms. The first-order valence-corrected chi connectivity index (χ1v) is 7.42. The summed E-state index contributed by atoms with van der Waals surface area (Å²) >= 11 is 1.63. The fourth-order valence-electron chi connectivity index (χ4n) is 2.19. The zero-order chi connectivity index (χ0) is 14.1. The lowest BCUT2D eigenvalue weighted by Crippen LogP contribution is -2.13. The molecule has 104 valence electrons. The summed E-state index contributed by atoms with van der Waals surface area (Å²) in [6.07, 6.45) is 1.99. The third-order valence-electron chi connectivity index (χ3n) is 3.34. The number of thiophene rings is 1. The Balaban J connectivity index is 1.96. The van der Waals surface area contributed by atoms with Gasteiger partial charge in [-0.05, 0) is 30.9 Å². The van der Waals surface area contributed by atoms with Gasteiger partial charge in [-0.3, -0.25) is 4.98 Å².